The Morgan fingerprint density at radius 3 is 2.82 bits per heavy atom. The highest BCUT2D eigenvalue weighted by atomic mass is 35.5. The summed E-state index contributed by atoms with van der Waals surface area (Å²) in [6, 6.07) is 3.45. The molecule has 0 saturated carbocycles. The summed E-state index contributed by atoms with van der Waals surface area (Å²) in [5, 5.41) is 7.64. The summed E-state index contributed by atoms with van der Waals surface area (Å²) in [5.74, 6) is 1.04. The van der Waals surface area contributed by atoms with E-state index in [0.717, 1.165) is 5.56 Å². The zero-order valence-corrected chi connectivity index (χ0v) is 9.65. The van der Waals surface area contributed by atoms with Crippen LogP contribution >= 0.6 is 11.6 Å². The fourth-order valence-corrected chi connectivity index (χ4v) is 1.64. The minimum atomic E-state index is -0.107. The molecule has 0 fully saturated rings. The van der Waals surface area contributed by atoms with E-state index < -0.39 is 0 Å². The van der Waals surface area contributed by atoms with Gasteiger partial charge in [0, 0.05) is 5.56 Å². The van der Waals surface area contributed by atoms with Crippen LogP contribution in [0, 0.1) is 0 Å². The number of nitrogens with two attached hydrogens (primary N) is 2. The Hall–Kier alpha value is -1.95. The van der Waals surface area contributed by atoms with Gasteiger partial charge in [0.1, 0.15) is 13.2 Å². The summed E-state index contributed by atoms with van der Waals surface area (Å²) >= 11 is 6.04. The zero-order valence-electron chi connectivity index (χ0n) is 8.89. The van der Waals surface area contributed by atoms with E-state index in [9.17, 15) is 0 Å². The van der Waals surface area contributed by atoms with Gasteiger partial charge in [0.15, 0.2) is 11.5 Å². The molecule has 2 rings (SSSR count). The van der Waals surface area contributed by atoms with Crippen molar-refractivity contribution in [2.75, 3.05) is 13.2 Å². The van der Waals surface area contributed by atoms with Crippen molar-refractivity contribution < 1.29 is 9.47 Å². The van der Waals surface area contributed by atoms with Crippen LogP contribution in [0.4, 0.5) is 0 Å². The van der Waals surface area contributed by atoms with Crippen molar-refractivity contribution in [3.8, 4) is 11.5 Å². The molecule has 0 spiro atoms. The highest BCUT2D eigenvalue weighted by Gasteiger charge is 2.15. The lowest BCUT2D eigenvalue weighted by atomic mass is 10.2. The Morgan fingerprint density at radius 1 is 1.29 bits per heavy atom. The van der Waals surface area contributed by atoms with E-state index in [2.05, 4.69) is 10.2 Å². The van der Waals surface area contributed by atoms with E-state index in [1.165, 1.54) is 6.21 Å². The normalized spacial score (nSPS) is 13.7. The van der Waals surface area contributed by atoms with E-state index in [4.69, 9.17) is 32.5 Å². The summed E-state index contributed by atoms with van der Waals surface area (Å²) in [4.78, 5) is 0. The van der Waals surface area contributed by atoms with Crippen LogP contribution in [0.2, 0.25) is 5.02 Å². The number of ether oxygens (including phenoxy) is 2. The van der Waals surface area contributed by atoms with Gasteiger partial charge in [0.25, 0.3) is 0 Å². The van der Waals surface area contributed by atoms with Gasteiger partial charge in [-0.15, -0.1) is 5.10 Å². The standard InChI is InChI=1S/C10H11ClN4O2/c11-7-3-6(5-14-15-10(12)13)4-8-9(7)17-2-1-16-8/h3-5H,1-2H2,(H4,12,13,15). The van der Waals surface area contributed by atoms with Crippen molar-refractivity contribution in [1.82, 2.24) is 0 Å². The van der Waals surface area contributed by atoms with Gasteiger partial charge in [0.2, 0.25) is 5.96 Å². The maximum atomic E-state index is 6.04. The highest BCUT2D eigenvalue weighted by Crippen LogP contribution is 2.37. The molecule has 0 amide bonds. The first-order valence-corrected chi connectivity index (χ1v) is 5.26. The molecule has 4 N–H and O–H groups in total. The van der Waals surface area contributed by atoms with E-state index in [-0.39, 0.29) is 5.96 Å². The predicted molar refractivity (Wildman–Crippen MR) is 65.8 cm³/mol. The van der Waals surface area contributed by atoms with Gasteiger partial charge in [-0.1, -0.05) is 11.6 Å². The highest BCUT2D eigenvalue weighted by molar-refractivity contribution is 6.32. The predicted octanol–water partition coefficient (Wildman–Crippen LogP) is 0.719. The first-order valence-electron chi connectivity index (χ1n) is 4.88. The van der Waals surface area contributed by atoms with Gasteiger partial charge in [-0.25, -0.2) is 0 Å². The van der Waals surface area contributed by atoms with E-state index in [1.807, 2.05) is 0 Å². The van der Waals surface area contributed by atoms with Crippen molar-refractivity contribution in [2.24, 2.45) is 21.7 Å². The molecule has 17 heavy (non-hydrogen) atoms. The molecular weight excluding hydrogens is 244 g/mol. The lowest BCUT2D eigenvalue weighted by Gasteiger charge is -2.19. The van der Waals surface area contributed by atoms with Crippen LogP contribution in [0.3, 0.4) is 0 Å². The minimum absolute atomic E-state index is 0.107. The Bertz CT molecular complexity index is 483. The average Bonchev–Trinajstić information content (AvgIpc) is 2.28. The summed E-state index contributed by atoms with van der Waals surface area (Å²) in [6.45, 7) is 0.992. The van der Waals surface area contributed by atoms with Crippen LogP contribution < -0.4 is 20.9 Å². The second-order valence-corrected chi connectivity index (χ2v) is 3.70. The van der Waals surface area contributed by atoms with Crippen molar-refractivity contribution in [1.29, 1.82) is 0 Å². The molecule has 6 nitrogen and oxygen atoms in total. The van der Waals surface area contributed by atoms with Crippen molar-refractivity contribution >= 4 is 23.8 Å². The fraction of sp³-hybridized carbons (Fsp3) is 0.200. The molecule has 1 aliphatic rings. The maximum absolute atomic E-state index is 6.04. The molecular formula is C10H11ClN4O2. The molecule has 1 heterocycles. The number of rotatable bonds is 2. The van der Waals surface area contributed by atoms with Crippen LogP contribution in [0.15, 0.2) is 22.3 Å². The van der Waals surface area contributed by atoms with Crippen LogP contribution in [0.1, 0.15) is 5.56 Å². The lowest BCUT2D eigenvalue weighted by Crippen LogP contribution is -2.21. The molecule has 0 saturated heterocycles. The molecule has 1 aromatic carbocycles. The molecule has 0 unspecified atom stereocenters. The Balaban J connectivity index is 2.28. The molecule has 0 atom stereocenters. The monoisotopic (exact) mass is 254 g/mol. The van der Waals surface area contributed by atoms with Gasteiger partial charge in [-0.2, -0.15) is 5.10 Å². The molecule has 7 heteroatoms. The molecule has 90 valence electrons. The minimum Gasteiger partial charge on any atom is -0.486 e. The SMILES string of the molecule is NC(N)=NN=Cc1cc(Cl)c2c(c1)OCCO2. The fourth-order valence-electron chi connectivity index (χ4n) is 1.37. The molecule has 1 aliphatic heterocycles. The number of guanidine groups is 1. The molecule has 0 bridgehead atoms. The van der Waals surface area contributed by atoms with E-state index in [1.54, 1.807) is 12.1 Å². The molecule has 0 radical (unpaired) electrons. The van der Waals surface area contributed by atoms with E-state index in [0.29, 0.717) is 29.7 Å². The molecule has 0 aromatic heterocycles. The van der Waals surface area contributed by atoms with Gasteiger partial charge in [-0.3, -0.25) is 0 Å². The first-order chi connectivity index (χ1) is 8.16. The van der Waals surface area contributed by atoms with Gasteiger partial charge >= 0.3 is 0 Å². The third kappa shape index (κ3) is 2.79. The maximum Gasteiger partial charge on any atom is 0.211 e. The van der Waals surface area contributed by atoms with Gasteiger partial charge in [-0.05, 0) is 12.1 Å². The number of hydrogen-bond donors (Lipinski definition) is 2. The Morgan fingerprint density at radius 2 is 2.06 bits per heavy atom. The number of benzene rings is 1. The summed E-state index contributed by atoms with van der Waals surface area (Å²) in [5.41, 5.74) is 11.0. The summed E-state index contributed by atoms with van der Waals surface area (Å²) < 4.78 is 10.8. The van der Waals surface area contributed by atoms with E-state index >= 15 is 0 Å². The van der Waals surface area contributed by atoms with Gasteiger partial charge < -0.3 is 20.9 Å². The third-order valence-corrected chi connectivity index (χ3v) is 2.28. The average molecular weight is 255 g/mol. The number of halogens is 1. The van der Waals surface area contributed by atoms with Crippen LogP contribution in [0.25, 0.3) is 0 Å². The topological polar surface area (TPSA) is 95.2 Å². The first kappa shape index (κ1) is 11.5. The second kappa shape index (κ2) is 4.92. The largest absolute Gasteiger partial charge is 0.486 e. The lowest BCUT2D eigenvalue weighted by molar-refractivity contribution is 0.171. The van der Waals surface area contributed by atoms with Crippen molar-refractivity contribution in [3.63, 3.8) is 0 Å². The van der Waals surface area contributed by atoms with Crippen molar-refractivity contribution in [2.45, 2.75) is 0 Å². The number of nitrogens with zero attached hydrogens (tertiary/aromatic N) is 2. The smallest absolute Gasteiger partial charge is 0.211 e. The van der Waals surface area contributed by atoms with Crippen LogP contribution in [-0.2, 0) is 0 Å². The Kier molecular flexibility index (Phi) is 3.34. The Labute approximate surface area is 103 Å². The zero-order chi connectivity index (χ0) is 12.3. The molecule has 0 aliphatic carbocycles. The van der Waals surface area contributed by atoms with Crippen LogP contribution in [-0.4, -0.2) is 25.4 Å². The quantitative estimate of drug-likeness (QED) is 0.462. The van der Waals surface area contributed by atoms with Crippen LogP contribution in [0.5, 0.6) is 11.5 Å². The third-order valence-electron chi connectivity index (χ3n) is 2.00. The second-order valence-electron chi connectivity index (χ2n) is 3.30. The van der Waals surface area contributed by atoms with Gasteiger partial charge in [0.05, 0.1) is 11.2 Å². The van der Waals surface area contributed by atoms with Crippen molar-refractivity contribution in [3.05, 3.63) is 22.7 Å². The summed E-state index contributed by atoms with van der Waals surface area (Å²) in [7, 11) is 0. The molecule has 1 aromatic rings. The number of hydrogen-bond acceptors (Lipinski definition) is 4. The summed E-state index contributed by atoms with van der Waals surface area (Å²) in [6.07, 6.45) is 1.48. The number of fused-ring (bicyclic) bond motifs is 1.